The average molecular weight is 792 g/mol. The number of nitrogens with one attached hydrogen (secondary N) is 5. The van der Waals surface area contributed by atoms with Gasteiger partial charge in [-0.1, -0.05) is 55.4 Å². The number of carbonyl (C=O) groups is 7. The second-order valence-electron chi connectivity index (χ2n) is 10.0. The highest BCUT2D eigenvalue weighted by atomic mass is 16.4. The van der Waals surface area contributed by atoms with Gasteiger partial charge in [-0.15, -0.1) is 0 Å². The molecule has 3 aromatic rings. The summed E-state index contributed by atoms with van der Waals surface area (Å²) in [5.74, 6) is -9.52. The van der Waals surface area contributed by atoms with Crippen LogP contribution in [0.25, 0.3) is 11.2 Å². The second-order valence-corrected chi connectivity index (χ2v) is 10.0. The van der Waals surface area contributed by atoms with Gasteiger partial charge in [0.1, 0.15) is 18.1 Å². The van der Waals surface area contributed by atoms with Crippen molar-refractivity contribution in [3.8, 4) is 0 Å². The number of nitrogens with zero attached hydrogens (tertiary/aromatic N) is 3. The number of carbonyl (C=O) groups excluding carboxylic acids is 3. The average Bonchev–Trinajstić information content (AvgIpc) is 3.17. The Labute approximate surface area is 322 Å². The van der Waals surface area contributed by atoms with Gasteiger partial charge in [0.15, 0.2) is 11.2 Å². The molecule has 2 unspecified atom stereocenters. The number of aromatic nitrogens is 4. The van der Waals surface area contributed by atoms with E-state index in [2.05, 4.69) is 35.9 Å². The third-order valence-corrected chi connectivity index (χ3v) is 6.39. The number of amides is 3. The highest BCUT2D eigenvalue weighted by Crippen LogP contribution is 2.12. The zero-order valence-corrected chi connectivity index (χ0v) is 32.6. The Morgan fingerprint density at radius 2 is 1.27 bits per heavy atom. The molecule has 3 rings (SSSR count). The molecule has 0 bridgehead atoms. The van der Waals surface area contributed by atoms with Crippen molar-refractivity contribution >= 4 is 64.4 Å². The number of benzene rings is 1. The van der Waals surface area contributed by atoms with E-state index in [4.69, 9.17) is 21.1 Å². The largest absolute Gasteiger partial charge is 0.481 e. The van der Waals surface area contributed by atoms with E-state index in [0.29, 0.717) is 11.4 Å². The van der Waals surface area contributed by atoms with Crippen LogP contribution in [0.2, 0.25) is 0 Å². The quantitative estimate of drug-likeness (QED) is 0.0934. The lowest BCUT2D eigenvalue weighted by Crippen LogP contribution is -2.53. The molecule has 21 nitrogen and oxygen atoms in total. The Kier molecular flexibility index (Phi) is 25.6. The van der Waals surface area contributed by atoms with Gasteiger partial charge in [-0.2, -0.15) is 4.98 Å². The lowest BCUT2D eigenvalue weighted by molar-refractivity contribution is -0.148. The normalized spacial score (nSPS) is 11.2. The number of carboxylic acid groups (broad SMARTS) is 4. The minimum absolute atomic E-state index is 0.00609. The molecular weight excluding hydrogens is 738 g/mol. The van der Waals surface area contributed by atoms with Gasteiger partial charge < -0.3 is 47.4 Å². The van der Waals surface area contributed by atoms with Gasteiger partial charge in [-0.05, 0) is 30.7 Å². The number of fused-ring (bicyclic) bond motifs is 1. The van der Waals surface area contributed by atoms with E-state index in [9.17, 15) is 43.5 Å². The van der Waals surface area contributed by atoms with Crippen LogP contribution in [0.3, 0.4) is 0 Å². The van der Waals surface area contributed by atoms with Crippen molar-refractivity contribution in [2.75, 3.05) is 11.1 Å². The SMILES string of the molecule is CC.CC.CC.CC.Nc1nc2ncc(CNc3ccc(C(=O)NC(CCC(=O)NC(CC(=O)O)C(=O)N[C@H](CC(=O)O)C(=O)O)C(=O)O)cc3)nc2c(=O)[nH]1. The molecule has 11 N–H and O–H groups in total. The van der Waals surface area contributed by atoms with Gasteiger partial charge in [0, 0.05) is 17.7 Å². The van der Waals surface area contributed by atoms with Crippen molar-refractivity contribution in [3.63, 3.8) is 0 Å². The van der Waals surface area contributed by atoms with Crippen molar-refractivity contribution < 1.29 is 54.0 Å². The highest BCUT2D eigenvalue weighted by Gasteiger charge is 2.30. The number of anilines is 2. The minimum atomic E-state index is -1.91. The maximum atomic E-state index is 12.7. The molecule has 0 saturated carbocycles. The monoisotopic (exact) mass is 791 g/mol. The second kappa shape index (κ2) is 27.9. The van der Waals surface area contributed by atoms with Crippen LogP contribution >= 0.6 is 0 Å². The standard InChI is InChI=1S/C27H29N9O12.4C2H6/c28-27-35-21-20(24(44)36-27)31-13(10-30-21)9-29-12-3-1-11(2-4-12)22(42)33-14(25(45)46)5-6-17(37)32-15(7-18(38)39)23(43)34-16(26(47)48)8-19(40)41;4*1-2/h1-4,10,14-16,29H,5-9H2,(H,32,37)(H,33,42)(H,34,43)(H,38,39)(H,40,41)(H,45,46)(H,47,48)(H3,28,30,35,36,44);4*1-2H3/t14?,15?,16-;;;;/m1..../s1. The molecule has 0 fully saturated rings. The summed E-state index contributed by atoms with van der Waals surface area (Å²) in [4.78, 5) is 109. The molecule has 2 aromatic heterocycles. The fraction of sp³-hybridized carbons (Fsp3) is 0.457. The van der Waals surface area contributed by atoms with E-state index in [-0.39, 0.29) is 29.2 Å². The van der Waals surface area contributed by atoms with Crippen LogP contribution in [-0.2, 0) is 35.3 Å². The molecule has 1 aromatic carbocycles. The summed E-state index contributed by atoms with van der Waals surface area (Å²) in [5.41, 5.74) is 5.99. The van der Waals surface area contributed by atoms with E-state index in [1.807, 2.05) is 60.7 Å². The molecule has 3 atom stereocenters. The van der Waals surface area contributed by atoms with Crippen LogP contribution in [0, 0.1) is 0 Å². The first-order valence-electron chi connectivity index (χ1n) is 17.8. The predicted molar refractivity (Wildman–Crippen MR) is 206 cm³/mol. The van der Waals surface area contributed by atoms with E-state index < -0.39 is 91.0 Å². The summed E-state index contributed by atoms with van der Waals surface area (Å²) in [6.45, 7) is 16.1. The number of nitrogen functional groups attached to an aromatic ring is 1. The number of aliphatic carboxylic acids is 4. The van der Waals surface area contributed by atoms with E-state index in [0.717, 1.165) is 0 Å². The summed E-state index contributed by atoms with van der Waals surface area (Å²) in [6.07, 6.45) is -1.71. The Morgan fingerprint density at radius 3 is 1.79 bits per heavy atom. The molecule has 0 spiro atoms. The van der Waals surface area contributed by atoms with Crippen LogP contribution in [0.1, 0.15) is 97.1 Å². The third-order valence-electron chi connectivity index (χ3n) is 6.39. The van der Waals surface area contributed by atoms with Gasteiger partial charge in [0.05, 0.1) is 31.3 Å². The molecule has 0 aliphatic carbocycles. The van der Waals surface area contributed by atoms with Gasteiger partial charge >= 0.3 is 23.9 Å². The summed E-state index contributed by atoms with van der Waals surface area (Å²) in [6, 6.07) is 0.487. The summed E-state index contributed by atoms with van der Waals surface area (Å²) < 4.78 is 0. The first kappa shape index (κ1) is 51.4. The fourth-order valence-corrected chi connectivity index (χ4v) is 4.06. The van der Waals surface area contributed by atoms with Gasteiger partial charge in [-0.3, -0.25) is 33.8 Å². The molecule has 2 heterocycles. The Hall–Kier alpha value is -6.67. The lowest BCUT2D eigenvalue weighted by atomic mass is 10.1. The number of nitrogens with two attached hydrogens (primary N) is 1. The highest BCUT2D eigenvalue weighted by molar-refractivity contribution is 5.97. The topological polar surface area (TPSA) is 346 Å². The van der Waals surface area contributed by atoms with Crippen LogP contribution in [-0.4, -0.2) is 100 Å². The first-order valence-corrected chi connectivity index (χ1v) is 17.8. The first-order chi connectivity index (χ1) is 26.6. The maximum absolute atomic E-state index is 12.7. The number of hydrogen-bond donors (Lipinski definition) is 10. The third kappa shape index (κ3) is 18.4. The zero-order valence-electron chi connectivity index (χ0n) is 32.6. The van der Waals surface area contributed by atoms with Crippen LogP contribution in [0.15, 0.2) is 35.3 Å². The maximum Gasteiger partial charge on any atom is 0.326 e. The molecule has 310 valence electrons. The zero-order chi connectivity index (χ0) is 43.5. The molecule has 3 amide bonds. The minimum Gasteiger partial charge on any atom is -0.481 e. The lowest BCUT2D eigenvalue weighted by Gasteiger charge is -2.20. The van der Waals surface area contributed by atoms with Crippen molar-refractivity contribution in [2.24, 2.45) is 0 Å². The number of H-pyrrole nitrogens is 1. The molecule has 56 heavy (non-hydrogen) atoms. The molecule has 0 radical (unpaired) electrons. The fourth-order valence-electron chi connectivity index (χ4n) is 4.06. The molecule has 0 aliphatic heterocycles. The number of carboxylic acids is 4. The van der Waals surface area contributed by atoms with Crippen molar-refractivity contribution in [2.45, 2.75) is 106 Å². The van der Waals surface area contributed by atoms with Gasteiger partial charge in [-0.25, -0.2) is 19.6 Å². The Bertz CT molecular complexity index is 1800. The van der Waals surface area contributed by atoms with E-state index >= 15 is 0 Å². The summed E-state index contributed by atoms with van der Waals surface area (Å²) >= 11 is 0. The Balaban J connectivity index is 0. The number of rotatable bonds is 17. The van der Waals surface area contributed by atoms with Crippen molar-refractivity contribution in [1.82, 2.24) is 35.9 Å². The molecule has 0 saturated heterocycles. The van der Waals surface area contributed by atoms with Crippen LogP contribution < -0.4 is 32.6 Å². The molecule has 0 aliphatic rings. The van der Waals surface area contributed by atoms with Crippen LogP contribution in [0.4, 0.5) is 11.6 Å². The number of aromatic amines is 1. The van der Waals surface area contributed by atoms with Gasteiger partial charge in [0.2, 0.25) is 17.8 Å². The summed E-state index contributed by atoms with van der Waals surface area (Å²) in [7, 11) is 0. The van der Waals surface area contributed by atoms with Gasteiger partial charge in [0.25, 0.3) is 11.5 Å². The van der Waals surface area contributed by atoms with Crippen LogP contribution in [0.5, 0.6) is 0 Å². The predicted octanol–water partition coefficient (Wildman–Crippen LogP) is 1.98. The number of hydrogen-bond acceptors (Lipinski definition) is 13. The van der Waals surface area contributed by atoms with E-state index in [1.165, 1.54) is 30.5 Å². The molecule has 21 heteroatoms. The van der Waals surface area contributed by atoms with Crippen molar-refractivity contribution in [1.29, 1.82) is 0 Å². The Morgan fingerprint density at radius 1 is 0.732 bits per heavy atom. The molecular formula is C35H53N9O12. The smallest absolute Gasteiger partial charge is 0.326 e. The van der Waals surface area contributed by atoms with E-state index in [1.54, 1.807) is 0 Å². The summed E-state index contributed by atoms with van der Waals surface area (Å²) in [5, 5.41) is 45.7. The van der Waals surface area contributed by atoms with Crippen molar-refractivity contribution in [3.05, 3.63) is 52.1 Å².